The Morgan fingerprint density at radius 2 is 1.71 bits per heavy atom. The molecule has 2 aromatic carbocycles. The Labute approximate surface area is 193 Å². The lowest BCUT2D eigenvalue weighted by Crippen LogP contribution is -2.33. The molecule has 0 radical (unpaired) electrons. The van der Waals surface area contributed by atoms with E-state index < -0.39 is 17.8 Å². The average Bonchev–Trinajstić information content (AvgIpc) is 3.35. The Kier molecular flexibility index (Phi) is 6.04. The van der Waals surface area contributed by atoms with Gasteiger partial charge in [0, 0.05) is 5.56 Å². The Morgan fingerprint density at radius 3 is 2.38 bits per heavy atom. The number of rotatable bonds is 7. The number of methoxy groups -OCH3 is 4. The predicted molar refractivity (Wildman–Crippen MR) is 117 cm³/mol. The number of carbonyl (C=O) groups excluding carboxylic acids is 2. The lowest BCUT2D eigenvalue weighted by molar-refractivity contribution is -0.136. The molecule has 4 rings (SSSR count). The van der Waals surface area contributed by atoms with Gasteiger partial charge in [-0.05, 0) is 46.3 Å². The third-order valence-corrected chi connectivity index (χ3v) is 5.32. The summed E-state index contributed by atoms with van der Waals surface area (Å²) < 4.78 is 22.1. The number of hydrogen-bond donors (Lipinski definition) is 2. The van der Waals surface area contributed by atoms with Crippen LogP contribution in [-0.4, -0.2) is 65.5 Å². The van der Waals surface area contributed by atoms with Crippen LogP contribution in [0.1, 0.15) is 22.0 Å². The number of ketones is 1. The molecule has 2 N–H and O–H groups in total. The standard InChI is InChI=1S/C22H21N5O7/c1-31-14-8-6-12(10-16(14)33-3)20(29)17-18(21(30)34-4)23-22-24-25-26-27(22)19(17)11-5-7-13(28)15(9-11)32-2/h5-10,19,28H,1-4H3,(H,23,24,26)/t19-/m0/s1. The number of Topliss-reactive ketones (excluding diaryl/α,β-unsaturated/α-hetero) is 1. The number of phenolic OH excluding ortho intramolecular Hbond substituents is 1. The molecule has 176 valence electrons. The first-order chi connectivity index (χ1) is 16.4. The van der Waals surface area contributed by atoms with Crippen molar-refractivity contribution in [3.63, 3.8) is 0 Å². The highest BCUT2D eigenvalue weighted by molar-refractivity contribution is 6.15. The summed E-state index contributed by atoms with van der Waals surface area (Å²) >= 11 is 0. The molecule has 0 bridgehead atoms. The molecule has 3 aromatic rings. The number of allylic oxidation sites excluding steroid dienone is 1. The largest absolute Gasteiger partial charge is 0.504 e. The third-order valence-electron chi connectivity index (χ3n) is 5.32. The minimum atomic E-state index is -0.949. The Bertz CT molecular complexity index is 1300. The number of benzene rings is 2. The van der Waals surface area contributed by atoms with Gasteiger partial charge >= 0.3 is 5.97 Å². The van der Waals surface area contributed by atoms with Crippen molar-refractivity contribution in [2.45, 2.75) is 6.04 Å². The number of nitrogens with one attached hydrogen (secondary N) is 1. The molecule has 0 aliphatic carbocycles. The van der Waals surface area contributed by atoms with Crippen molar-refractivity contribution in [3.05, 3.63) is 58.8 Å². The van der Waals surface area contributed by atoms with Crippen LogP contribution < -0.4 is 19.5 Å². The molecule has 0 unspecified atom stereocenters. The molecule has 12 nitrogen and oxygen atoms in total. The van der Waals surface area contributed by atoms with E-state index in [0.29, 0.717) is 17.1 Å². The van der Waals surface area contributed by atoms with Gasteiger partial charge in [0.05, 0.1) is 34.0 Å². The number of esters is 1. The van der Waals surface area contributed by atoms with Crippen LogP contribution in [0.2, 0.25) is 0 Å². The van der Waals surface area contributed by atoms with E-state index in [4.69, 9.17) is 18.9 Å². The van der Waals surface area contributed by atoms with Crippen molar-refractivity contribution in [3.8, 4) is 23.0 Å². The average molecular weight is 467 g/mol. The normalized spacial score (nSPS) is 14.6. The van der Waals surface area contributed by atoms with Crippen LogP contribution in [0, 0.1) is 0 Å². The second-order valence-corrected chi connectivity index (χ2v) is 7.09. The molecular weight excluding hydrogens is 446 g/mol. The molecule has 0 fully saturated rings. The summed E-state index contributed by atoms with van der Waals surface area (Å²) in [6, 6.07) is 8.22. The highest BCUT2D eigenvalue weighted by Gasteiger charge is 2.39. The van der Waals surface area contributed by atoms with Crippen LogP contribution in [0.25, 0.3) is 0 Å². The number of nitrogens with zero attached hydrogens (tertiary/aromatic N) is 4. The molecule has 12 heteroatoms. The minimum Gasteiger partial charge on any atom is -0.504 e. The first-order valence-corrected chi connectivity index (χ1v) is 9.94. The van der Waals surface area contributed by atoms with E-state index in [9.17, 15) is 14.7 Å². The van der Waals surface area contributed by atoms with E-state index in [2.05, 4.69) is 20.8 Å². The number of ether oxygens (including phenoxy) is 4. The van der Waals surface area contributed by atoms with Crippen LogP contribution in [0.3, 0.4) is 0 Å². The van der Waals surface area contributed by atoms with Crippen molar-refractivity contribution in [1.82, 2.24) is 20.2 Å². The Morgan fingerprint density at radius 1 is 0.971 bits per heavy atom. The first kappa shape index (κ1) is 22.6. The van der Waals surface area contributed by atoms with E-state index in [0.717, 1.165) is 0 Å². The summed E-state index contributed by atoms with van der Waals surface area (Å²) in [4.78, 5) is 26.6. The zero-order chi connectivity index (χ0) is 24.4. The highest BCUT2D eigenvalue weighted by Crippen LogP contribution is 2.40. The zero-order valence-corrected chi connectivity index (χ0v) is 18.7. The Balaban J connectivity index is 1.95. The second kappa shape index (κ2) is 9.10. The molecule has 0 spiro atoms. The second-order valence-electron chi connectivity index (χ2n) is 7.09. The molecule has 34 heavy (non-hydrogen) atoms. The van der Waals surface area contributed by atoms with Gasteiger partial charge in [-0.3, -0.25) is 4.79 Å². The Hall–Kier alpha value is -4.61. The minimum absolute atomic E-state index is 0.0200. The van der Waals surface area contributed by atoms with Gasteiger partial charge in [-0.15, -0.1) is 0 Å². The highest BCUT2D eigenvalue weighted by atomic mass is 16.5. The number of fused-ring (bicyclic) bond motifs is 1. The fraction of sp³-hybridized carbons (Fsp3) is 0.227. The zero-order valence-electron chi connectivity index (χ0n) is 18.7. The maximum atomic E-state index is 13.9. The van der Waals surface area contributed by atoms with E-state index in [-0.39, 0.29) is 34.3 Å². The summed E-state index contributed by atoms with van der Waals surface area (Å²) in [6.07, 6.45) is 0. The summed E-state index contributed by atoms with van der Waals surface area (Å²) in [5, 5.41) is 24.4. The number of aromatic hydroxyl groups is 1. The summed E-state index contributed by atoms with van der Waals surface area (Å²) in [5.41, 5.74) is 0.603. The van der Waals surface area contributed by atoms with Gasteiger partial charge < -0.3 is 29.4 Å². The summed E-state index contributed by atoms with van der Waals surface area (Å²) in [5.74, 6) is -0.318. The van der Waals surface area contributed by atoms with Gasteiger partial charge in [-0.1, -0.05) is 11.2 Å². The molecule has 2 heterocycles. The van der Waals surface area contributed by atoms with Crippen LogP contribution >= 0.6 is 0 Å². The maximum Gasteiger partial charge on any atom is 0.355 e. The van der Waals surface area contributed by atoms with Crippen LogP contribution in [0.5, 0.6) is 23.0 Å². The van der Waals surface area contributed by atoms with E-state index >= 15 is 0 Å². The topological polar surface area (TPSA) is 147 Å². The van der Waals surface area contributed by atoms with Crippen molar-refractivity contribution >= 4 is 17.7 Å². The maximum absolute atomic E-state index is 13.9. The molecule has 0 saturated heterocycles. The first-order valence-electron chi connectivity index (χ1n) is 9.94. The van der Waals surface area contributed by atoms with Gasteiger partial charge in [0.1, 0.15) is 11.7 Å². The monoisotopic (exact) mass is 467 g/mol. The molecule has 1 aliphatic rings. The molecule has 0 amide bonds. The molecule has 1 aromatic heterocycles. The van der Waals surface area contributed by atoms with Crippen molar-refractivity contribution in [1.29, 1.82) is 0 Å². The van der Waals surface area contributed by atoms with Gasteiger partial charge in [-0.2, -0.15) is 4.68 Å². The molecule has 1 aliphatic heterocycles. The van der Waals surface area contributed by atoms with Gasteiger partial charge in [-0.25, -0.2) is 4.79 Å². The van der Waals surface area contributed by atoms with E-state index in [1.165, 1.54) is 51.3 Å². The number of tetrazole rings is 1. The smallest absolute Gasteiger partial charge is 0.355 e. The lowest BCUT2D eigenvalue weighted by Gasteiger charge is -2.28. The molecular formula is C22H21N5O7. The SMILES string of the molecule is COC(=O)C1=C(C(=O)c2ccc(OC)c(OC)c2)[C@H](c2ccc(O)c(OC)c2)n2nnnc2N1. The van der Waals surface area contributed by atoms with Gasteiger partial charge in [0.2, 0.25) is 5.95 Å². The third kappa shape index (κ3) is 3.74. The number of phenols is 1. The number of anilines is 1. The molecule has 0 saturated carbocycles. The van der Waals surface area contributed by atoms with Crippen molar-refractivity contribution < 1.29 is 33.6 Å². The molecule has 1 atom stereocenters. The van der Waals surface area contributed by atoms with Crippen molar-refractivity contribution in [2.24, 2.45) is 0 Å². The number of carbonyl (C=O) groups is 2. The fourth-order valence-corrected chi connectivity index (χ4v) is 3.69. The van der Waals surface area contributed by atoms with E-state index in [1.807, 2.05) is 0 Å². The number of hydrogen-bond acceptors (Lipinski definition) is 11. The quantitative estimate of drug-likeness (QED) is 0.387. The van der Waals surface area contributed by atoms with Crippen LogP contribution in [0.15, 0.2) is 47.7 Å². The van der Waals surface area contributed by atoms with E-state index in [1.54, 1.807) is 18.2 Å². The van der Waals surface area contributed by atoms with Crippen molar-refractivity contribution in [2.75, 3.05) is 33.8 Å². The van der Waals surface area contributed by atoms with Gasteiger partial charge in [0.15, 0.2) is 28.8 Å². The van der Waals surface area contributed by atoms with Gasteiger partial charge in [0.25, 0.3) is 0 Å². The number of aromatic nitrogens is 4. The summed E-state index contributed by atoms with van der Waals surface area (Å²) in [7, 11) is 5.53. The fourth-order valence-electron chi connectivity index (χ4n) is 3.69. The van der Waals surface area contributed by atoms with Crippen LogP contribution in [-0.2, 0) is 9.53 Å². The lowest BCUT2D eigenvalue weighted by atomic mass is 9.89. The summed E-state index contributed by atoms with van der Waals surface area (Å²) in [6.45, 7) is 0. The predicted octanol–water partition coefficient (Wildman–Crippen LogP) is 1.73. The van der Waals surface area contributed by atoms with Crippen LogP contribution in [0.4, 0.5) is 5.95 Å².